The molecule has 16 heavy (non-hydrogen) atoms. The lowest BCUT2D eigenvalue weighted by Gasteiger charge is -2.18. The Bertz CT molecular complexity index is 488. The molecule has 0 spiro atoms. The number of halogens is 1. The second-order valence-electron chi connectivity index (χ2n) is 4.21. The molecule has 1 aromatic rings. The Kier molecular flexibility index (Phi) is 2.44. The summed E-state index contributed by atoms with van der Waals surface area (Å²) < 4.78 is 0. The molecule has 0 radical (unpaired) electrons. The van der Waals surface area contributed by atoms with Crippen LogP contribution >= 0.6 is 11.6 Å². The van der Waals surface area contributed by atoms with Crippen LogP contribution in [0.15, 0.2) is 40.5 Å². The first-order valence-corrected chi connectivity index (χ1v) is 6.05. The van der Waals surface area contributed by atoms with Crippen molar-refractivity contribution < 1.29 is 0 Å². The first-order valence-electron chi connectivity index (χ1n) is 5.67. The molecule has 0 saturated heterocycles. The van der Waals surface area contributed by atoms with Crippen LogP contribution in [0.4, 0.5) is 11.4 Å². The highest BCUT2D eigenvalue weighted by Gasteiger charge is 2.20. The largest absolute Gasteiger partial charge is 0.357 e. The highest BCUT2D eigenvalue weighted by molar-refractivity contribution is 6.70. The number of aliphatic imine (C=N–C) groups is 1. The number of anilines is 1. The summed E-state index contributed by atoms with van der Waals surface area (Å²) >= 11 is 6.27. The van der Waals surface area contributed by atoms with Crippen LogP contribution in [0.5, 0.6) is 0 Å². The molecule has 0 unspecified atom stereocenters. The van der Waals surface area contributed by atoms with E-state index in [2.05, 4.69) is 10.3 Å². The fourth-order valence-corrected chi connectivity index (χ4v) is 2.58. The predicted molar refractivity (Wildman–Crippen MR) is 68.5 cm³/mol. The third kappa shape index (κ3) is 1.63. The standard InChI is InChI=1S/C13H13ClN2/c14-13-9-5-1-2-6-10(9)15-11-7-3-4-8-12(11)16-13/h3-4,7-8,15H,1-2,5-6H2. The maximum absolute atomic E-state index is 6.27. The van der Waals surface area contributed by atoms with Crippen molar-refractivity contribution in [3.63, 3.8) is 0 Å². The summed E-state index contributed by atoms with van der Waals surface area (Å²) in [4.78, 5) is 4.49. The number of nitrogens with zero attached hydrogens (tertiary/aromatic N) is 1. The van der Waals surface area contributed by atoms with E-state index in [0.29, 0.717) is 5.17 Å². The molecule has 0 bridgehead atoms. The molecule has 1 N–H and O–H groups in total. The topological polar surface area (TPSA) is 24.4 Å². The van der Waals surface area contributed by atoms with E-state index >= 15 is 0 Å². The molecule has 2 nitrogen and oxygen atoms in total. The number of fused-ring (bicyclic) bond motifs is 1. The van der Waals surface area contributed by atoms with Crippen LogP contribution in [0.2, 0.25) is 0 Å². The average Bonchev–Trinajstić information content (AvgIpc) is 2.45. The van der Waals surface area contributed by atoms with Crippen molar-refractivity contribution in [3.8, 4) is 0 Å². The molecular weight excluding hydrogens is 220 g/mol. The molecule has 0 atom stereocenters. The molecule has 1 aliphatic heterocycles. The molecule has 0 fully saturated rings. The summed E-state index contributed by atoms with van der Waals surface area (Å²) in [7, 11) is 0. The quantitative estimate of drug-likeness (QED) is 0.712. The molecule has 0 aromatic heterocycles. The minimum absolute atomic E-state index is 0.659. The molecule has 3 rings (SSSR count). The smallest absolute Gasteiger partial charge is 0.134 e. The van der Waals surface area contributed by atoms with Crippen LogP contribution in [-0.4, -0.2) is 5.17 Å². The maximum Gasteiger partial charge on any atom is 0.134 e. The molecule has 1 aromatic carbocycles. The first-order chi connectivity index (χ1) is 7.84. The summed E-state index contributed by atoms with van der Waals surface area (Å²) in [6.07, 6.45) is 4.56. The third-order valence-corrected chi connectivity index (χ3v) is 3.44. The van der Waals surface area contributed by atoms with Crippen LogP contribution in [0.25, 0.3) is 0 Å². The Morgan fingerprint density at radius 3 is 2.88 bits per heavy atom. The molecule has 0 amide bonds. The van der Waals surface area contributed by atoms with Crippen LogP contribution in [0.1, 0.15) is 25.7 Å². The number of para-hydroxylation sites is 2. The van der Waals surface area contributed by atoms with E-state index in [0.717, 1.165) is 24.2 Å². The average molecular weight is 233 g/mol. The van der Waals surface area contributed by atoms with E-state index in [1.807, 2.05) is 24.3 Å². The SMILES string of the molecule is ClC1=Nc2ccccc2NC2=C1CCCC2. The van der Waals surface area contributed by atoms with Gasteiger partial charge >= 0.3 is 0 Å². The van der Waals surface area contributed by atoms with E-state index < -0.39 is 0 Å². The van der Waals surface area contributed by atoms with Crippen LogP contribution in [0.3, 0.4) is 0 Å². The van der Waals surface area contributed by atoms with Crippen molar-refractivity contribution in [2.75, 3.05) is 5.32 Å². The van der Waals surface area contributed by atoms with Gasteiger partial charge in [-0.25, -0.2) is 4.99 Å². The maximum atomic E-state index is 6.27. The van der Waals surface area contributed by atoms with Crippen LogP contribution in [-0.2, 0) is 0 Å². The van der Waals surface area contributed by atoms with Crippen molar-refractivity contribution >= 4 is 28.1 Å². The lowest BCUT2D eigenvalue weighted by Crippen LogP contribution is -2.10. The third-order valence-electron chi connectivity index (χ3n) is 3.13. The molecule has 82 valence electrons. The van der Waals surface area contributed by atoms with Crippen LogP contribution in [0, 0.1) is 0 Å². The zero-order valence-corrected chi connectivity index (χ0v) is 9.72. The second kappa shape index (κ2) is 3.95. The number of benzene rings is 1. The van der Waals surface area contributed by atoms with Crippen molar-refractivity contribution in [1.29, 1.82) is 0 Å². The Morgan fingerprint density at radius 2 is 1.94 bits per heavy atom. The van der Waals surface area contributed by atoms with Crippen LogP contribution < -0.4 is 5.32 Å². The number of allylic oxidation sites excluding steroid dienone is 2. The van der Waals surface area contributed by atoms with E-state index in [9.17, 15) is 0 Å². The Hall–Kier alpha value is -1.28. The molecular formula is C13H13ClN2. The van der Waals surface area contributed by atoms with Gasteiger partial charge in [0.2, 0.25) is 0 Å². The van der Waals surface area contributed by atoms with Crippen molar-refractivity contribution in [2.45, 2.75) is 25.7 Å². The van der Waals surface area contributed by atoms with Crippen molar-refractivity contribution in [1.82, 2.24) is 0 Å². The summed E-state index contributed by atoms with van der Waals surface area (Å²) in [6.45, 7) is 0. The van der Waals surface area contributed by atoms with Gasteiger partial charge < -0.3 is 5.32 Å². The summed E-state index contributed by atoms with van der Waals surface area (Å²) in [5, 5.41) is 4.13. The van der Waals surface area contributed by atoms with Gasteiger partial charge in [0.05, 0.1) is 11.4 Å². The van der Waals surface area contributed by atoms with Gasteiger partial charge in [0.25, 0.3) is 0 Å². The van der Waals surface area contributed by atoms with Gasteiger partial charge in [0, 0.05) is 11.3 Å². The summed E-state index contributed by atoms with van der Waals surface area (Å²) in [5.74, 6) is 0. The molecule has 2 aliphatic rings. The first kappa shape index (κ1) is 9.91. The lowest BCUT2D eigenvalue weighted by molar-refractivity contribution is 0.692. The summed E-state index contributed by atoms with van der Waals surface area (Å²) in [6, 6.07) is 8.04. The molecule has 0 saturated carbocycles. The predicted octanol–water partition coefficient (Wildman–Crippen LogP) is 4.21. The number of hydrogen-bond acceptors (Lipinski definition) is 2. The number of nitrogens with one attached hydrogen (secondary N) is 1. The van der Waals surface area contributed by atoms with Gasteiger partial charge in [0.15, 0.2) is 0 Å². The Balaban J connectivity index is 2.12. The van der Waals surface area contributed by atoms with Crippen molar-refractivity contribution in [3.05, 3.63) is 35.5 Å². The minimum Gasteiger partial charge on any atom is -0.357 e. The van der Waals surface area contributed by atoms with Gasteiger partial charge in [-0.15, -0.1) is 0 Å². The highest BCUT2D eigenvalue weighted by atomic mass is 35.5. The molecule has 1 aliphatic carbocycles. The lowest BCUT2D eigenvalue weighted by atomic mass is 9.97. The fraction of sp³-hybridized carbons (Fsp3) is 0.308. The fourth-order valence-electron chi connectivity index (χ4n) is 2.28. The highest BCUT2D eigenvalue weighted by Crippen LogP contribution is 2.36. The monoisotopic (exact) mass is 232 g/mol. The number of rotatable bonds is 0. The Labute approximate surface area is 100 Å². The van der Waals surface area contributed by atoms with E-state index in [1.54, 1.807) is 0 Å². The zero-order chi connectivity index (χ0) is 11.0. The van der Waals surface area contributed by atoms with Gasteiger partial charge in [-0.1, -0.05) is 23.7 Å². The van der Waals surface area contributed by atoms with Gasteiger partial charge in [0.1, 0.15) is 5.17 Å². The van der Waals surface area contributed by atoms with Gasteiger partial charge in [-0.3, -0.25) is 0 Å². The normalized spacial score (nSPS) is 19.2. The van der Waals surface area contributed by atoms with Gasteiger partial charge in [-0.2, -0.15) is 0 Å². The molecule has 1 heterocycles. The Morgan fingerprint density at radius 1 is 1.12 bits per heavy atom. The van der Waals surface area contributed by atoms with E-state index in [4.69, 9.17) is 11.6 Å². The van der Waals surface area contributed by atoms with E-state index in [-0.39, 0.29) is 0 Å². The zero-order valence-electron chi connectivity index (χ0n) is 8.96. The summed E-state index contributed by atoms with van der Waals surface area (Å²) in [5.41, 5.74) is 4.45. The van der Waals surface area contributed by atoms with E-state index in [1.165, 1.54) is 24.1 Å². The van der Waals surface area contributed by atoms with Gasteiger partial charge in [-0.05, 0) is 37.8 Å². The number of hydrogen-bond donors (Lipinski definition) is 1. The van der Waals surface area contributed by atoms with Crippen molar-refractivity contribution in [2.24, 2.45) is 4.99 Å². The minimum atomic E-state index is 0.659. The molecule has 3 heteroatoms. The second-order valence-corrected chi connectivity index (χ2v) is 4.57.